The van der Waals surface area contributed by atoms with Gasteiger partial charge in [0.1, 0.15) is 5.69 Å². The van der Waals surface area contributed by atoms with Crippen LogP contribution in [0.4, 0.5) is 14.5 Å². The molecule has 0 bridgehead atoms. The number of rotatable bonds is 3. The fourth-order valence-corrected chi connectivity index (χ4v) is 5.34. The molecular formula is C29H25ClF2N6O. The van der Waals surface area contributed by atoms with Crippen LogP contribution in [0.2, 0.25) is 5.02 Å². The van der Waals surface area contributed by atoms with Gasteiger partial charge in [-0.05, 0) is 61.0 Å². The average Bonchev–Trinajstić information content (AvgIpc) is 3.46. The maximum absolute atomic E-state index is 15.1. The van der Waals surface area contributed by atoms with Gasteiger partial charge in [-0.25, -0.2) is 18.3 Å². The molecule has 0 unspecified atom stereocenters. The molecular weight excluding hydrogens is 522 g/mol. The number of alkyl halides is 2. The van der Waals surface area contributed by atoms with Crippen LogP contribution >= 0.6 is 11.6 Å². The Labute approximate surface area is 229 Å². The molecule has 4 aromatic rings. The summed E-state index contributed by atoms with van der Waals surface area (Å²) in [5.74, 6) is 2.57. The van der Waals surface area contributed by atoms with Gasteiger partial charge >= 0.3 is 0 Å². The highest BCUT2D eigenvalue weighted by Gasteiger charge is 2.47. The van der Waals surface area contributed by atoms with E-state index in [1.807, 2.05) is 13.1 Å². The van der Waals surface area contributed by atoms with Gasteiger partial charge in [0, 0.05) is 67.2 Å². The first-order valence-electron chi connectivity index (χ1n) is 12.6. The highest BCUT2D eigenvalue weighted by atomic mass is 35.5. The van der Waals surface area contributed by atoms with E-state index in [4.69, 9.17) is 11.6 Å². The van der Waals surface area contributed by atoms with E-state index < -0.39 is 11.8 Å². The van der Waals surface area contributed by atoms with E-state index in [1.54, 1.807) is 53.3 Å². The number of likely N-dealkylation sites (N-methyl/N-ethyl adjacent to an activating group) is 1. The number of piperazine rings is 1. The van der Waals surface area contributed by atoms with Crippen LogP contribution < -0.4 is 5.32 Å². The van der Waals surface area contributed by atoms with Gasteiger partial charge in [-0.1, -0.05) is 23.6 Å². The number of imidazole rings is 1. The summed E-state index contributed by atoms with van der Waals surface area (Å²) >= 11 is 6.34. The van der Waals surface area contributed by atoms with Gasteiger partial charge in [-0.3, -0.25) is 9.69 Å². The van der Waals surface area contributed by atoms with E-state index in [0.29, 0.717) is 38.7 Å². The summed E-state index contributed by atoms with van der Waals surface area (Å²) < 4.78 is 31.7. The first kappa shape index (κ1) is 25.4. The van der Waals surface area contributed by atoms with Crippen LogP contribution in [0.1, 0.15) is 45.2 Å². The van der Waals surface area contributed by atoms with Crippen molar-refractivity contribution < 1.29 is 13.6 Å². The van der Waals surface area contributed by atoms with Gasteiger partial charge in [0.2, 0.25) is 0 Å². The van der Waals surface area contributed by atoms with Crippen LogP contribution in [-0.2, 0) is 5.92 Å². The van der Waals surface area contributed by atoms with Crippen LogP contribution in [0.5, 0.6) is 0 Å². The molecule has 1 saturated heterocycles. The number of hydrogen-bond donors (Lipinski definition) is 1. The zero-order chi connectivity index (χ0) is 27.1. The molecule has 2 aromatic heterocycles. The lowest BCUT2D eigenvalue weighted by Crippen LogP contribution is -2.45. The van der Waals surface area contributed by atoms with Gasteiger partial charge in [0.25, 0.3) is 11.8 Å². The van der Waals surface area contributed by atoms with Crippen LogP contribution in [0.3, 0.4) is 0 Å². The third-order valence-corrected chi connectivity index (χ3v) is 7.65. The Bertz CT molecular complexity index is 1630. The third kappa shape index (κ3) is 4.99. The molecule has 0 saturated carbocycles. The molecule has 3 heterocycles. The maximum Gasteiger partial charge on any atom is 0.275 e. The summed E-state index contributed by atoms with van der Waals surface area (Å²) in [6, 6.07) is 12.8. The number of anilines is 1. The predicted molar refractivity (Wildman–Crippen MR) is 145 cm³/mol. The van der Waals surface area contributed by atoms with Crippen molar-refractivity contribution in [3.8, 4) is 11.8 Å². The number of carbonyl (C=O) groups is 1. The number of carbonyl (C=O) groups excluding carboxylic acids is 1. The van der Waals surface area contributed by atoms with Crippen molar-refractivity contribution in [2.45, 2.75) is 18.4 Å². The second-order valence-electron chi connectivity index (χ2n) is 9.90. The molecule has 7 nitrogen and oxygen atoms in total. The van der Waals surface area contributed by atoms with Crippen molar-refractivity contribution >= 4 is 28.8 Å². The summed E-state index contributed by atoms with van der Waals surface area (Å²) in [7, 11) is 2.04. The Balaban J connectivity index is 1.22. The topological polar surface area (TPSA) is 65.8 Å². The lowest BCUT2D eigenvalue weighted by Gasteiger charge is -2.36. The fraction of sp³-hybridized carbons (Fsp3) is 0.276. The Kier molecular flexibility index (Phi) is 6.55. The first-order valence-corrected chi connectivity index (χ1v) is 13.0. The van der Waals surface area contributed by atoms with Crippen molar-refractivity contribution in [1.29, 1.82) is 0 Å². The zero-order valence-corrected chi connectivity index (χ0v) is 21.9. The highest BCUT2D eigenvalue weighted by molar-refractivity contribution is 6.32. The largest absolute Gasteiger partial charge is 0.322 e. The Morgan fingerprint density at radius 3 is 2.74 bits per heavy atom. The summed E-state index contributed by atoms with van der Waals surface area (Å²) in [5.41, 5.74) is 2.92. The van der Waals surface area contributed by atoms with Crippen LogP contribution in [0.15, 0.2) is 60.9 Å². The van der Waals surface area contributed by atoms with E-state index in [0.717, 1.165) is 26.2 Å². The number of hydrogen-bond acceptors (Lipinski definition) is 5. The first-order chi connectivity index (χ1) is 18.8. The number of halogens is 3. The molecule has 198 valence electrons. The fourth-order valence-electron chi connectivity index (χ4n) is 5.17. The Morgan fingerprint density at radius 1 is 1.10 bits per heavy atom. The van der Waals surface area contributed by atoms with Crippen molar-refractivity contribution in [3.05, 3.63) is 93.9 Å². The molecule has 39 heavy (non-hydrogen) atoms. The number of fused-ring (bicyclic) bond motifs is 2. The molecule has 1 fully saturated rings. The van der Waals surface area contributed by atoms with E-state index in [-0.39, 0.29) is 18.0 Å². The van der Waals surface area contributed by atoms with Gasteiger partial charge in [0.05, 0.1) is 11.2 Å². The standard InChI is InChI=1S/C29H25ClF2N6O/c1-36-11-13-37(14-12-36)26-17-29(31,32)24-16-21(6-8-23(24)26)35-28(39)20-5-9-25(30)19(15-20)4-7-22-18-33-27-3-2-10-34-38(22)27/h2-3,5-6,8-10,15-16,18,26H,11-14,17H2,1H3,(H,35,39)/t26-/m1/s1. The number of nitrogens with zero attached hydrogens (tertiary/aromatic N) is 5. The zero-order valence-electron chi connectivity index (χ0n) is 21.2. The minimum Gasteiger partial charge on any atom is -0.322 e. The van der Waals surface area contributed by atoms with Gasteiger partial charge < -0.3 is 10.2 Å². The molecule has 0 spiro atoms. The van der Waals surface area contributed by atoms with Crippen molar-refractivity contribution in [2.24, 2.45) is 0 Å². The van der Waals surface area contributed by atoms with Crippen molar-refractivity contribution in [1.82, 2.24) is 24.4 Å². The average molecular weight is 547 g/mol. The maximum atomic E-state index is 15.1. The molecule has 0 radical (unpaired) electrons. The Hall–Kier alpha value is -3.84. The van der Waals surface area contributed by atoms with Crippen LogP contribution in [0, 0.1) is 11.8 Å². The molecule has 2 aliphatic rings. The van der Waals surface area contributed by atoms with E-state index in [1.165, 1.54) is 6.07 Å². The van der Waals surface area contributed by atoms with E-state index in [2.05, 4.69) is 37.0 Å². The summed E-state index contributed by atoms with van der Waals surface area (Å²) in [5, 5.41) is 7.37. The van der Waals surface area contributed by atoms with Gasteiger partial charge in [-0.2, -0.15) is 5.10 Å². The molecule has 1 N–H and O–H groups in total. The predicted octanol–water partition coefficient (Wildman–Crippen LogP) is 4.82. The third-order valence-electron chi connectivity index (χ3n) is 7.32. The highest BCUT2D eigenvalue weighted by Crippen LogP contribution is 2.50. The smallest absolute Gasteiger partial charge is 0.275 e. The SMILES string of the molecule is CN1CCN([C@@H]2CC(F)(F)c3cc(NC(=O)c4ccc(Cl)c(C#Cc5cnc6cccnn56)c4)ccc32)CC1. The number of benzene rings is 2. The van der Waals surface area contributed by atoms with Gasteiger partial charge in [0.15, 0.2) is 5.65 Å². The molecule has 1 amide bonds. The summed E-state index contributed by atoms with van der Waals surface area (Å²) in [6.45, 7) is 3.22. The molecule has 2 aromatic carbocycles. The molecule has 10 heteroatoms. The molecule has 1 atom stereocenters. The lowest BCUT2D eigenvalue weighted by molar-refractivity contribution is -0.0257. The minimum absolute atomic E-state index is 0.0199. The second-order valence-corrected chi connectivity index (χ2v) is 10.3. The molecule has 1 aliphatic carbocycles. The van der Waals surface area contributed by atoms with Crippen molar-refractivity contribution in [3.63, 3.8) is 0 Å². The number of nitrogens with one attached hydrogen (secondary N) is 1. The van der Waals surface area contributed by atoms with Crippen molar-refractivity contribution in [2.75, 3.05) is 38.5 Å². The number of amides is 1. The van der Waals surface area contributed by atoms with E-state index in [9.17, 15) is 4.79 Å². The van der Waals surface area contributed by atoms with Gasteiger partial charge in [-0.15, -0.1) is 0 Å². The second kappa shape index (κ2) is 10.0. The molecule has 1 aliphatic heterocycles. The quantitative estimate of drug-likeness (QED) is 0.373. The van der Waals surface area contributed by atoms with E-state index >= 15 is 8.78 Å². The number of aromatic nitrogens is 3. The lowest BCUT2D eigenvalue weighted by atomic mass is 10.0. The normalized spacial score (nSPS) is 18.9. The van der Waals surface area contributed by atoms with Crippen LogP contribution in [0.25, 0.3) is 5.65 Å². The molecule has 6 rings (SSSR count). The monoisotopic (exact) mass is 546 g/mol. The summed E-state index contributed by atoms with van der Waals surface area (Å²) in [6.07, 6.45) is 3.00. The van der Waals surface area contributed by atoms with Crippen LogP contribution in [-0.4, -0.2) is 63.5 Å². The minimum atomic E-state index is -2.96. The summed E-state index contributed by atoms with van der Waals surface area (Å²) in [4.78, 5) is 21.7. The Morgan fingerprint density at radius 2 is 1.92 bits per heavy atom.